The van der Waals surface area contributed by atoms with Gasteiger partial charge in [0.25, 0.3) is 20.2 Å². The largest absolute Gasteiger partial charge is 0.489 e. The van der Waals surface area contributed by atoms with Gasteiger partial charge in [0.15, 0.2) is 0 Å². The van der Waals surface area contributed by atoms with Crippen LogP contribution >= 0.6 is 0 Å². The van der Waals surface area contributed by atoms with Crippen LogP contribution < -0.4 is 4.74 Å². The van der Waals surface area contributed by atoms with E-state index in [0.29, 0.717) is 11.1 Å². The maximum Gasteiger partial charge on any atom is 0.265 e. The van der Waals surface area contributed by atoms with E-state index in [1.54, 1.807) is 24.3 Å². The molecule has 0 N–H and O–H groups in total. The van der Waals surface area contributed by atoms with Crippen LogP contribution in [0.4, 0.5) is 4.39 Å². The molecule has 10 heteroatoms. The predicted molar refractivity (Wildman–Crippen MR) is 121 cm³/mol. The standard InChI is InChI=1S/C23H23FO7S2/c1-32(25,26)30-16-18-10-6-7-11-20(18)23(31-33(2,27)28)21-14-19(24)12-13-22(21)29-15-17-8-4-3-5-9-17/h3-14,23H,15-16H2,1-2H3. The van der Waals surface area contributed by atoms with Crippen LogP contribution in [0.25, 0.3) is 0 Å². The summed E-state index contributed by atoms with van der Waals surface area (Å²) in [5.74, 6) is -0.406. The van der Waals surface area contributed by atoms with E-state index in [1.807, 2.05) is 30.3 Å². The van der Waals surface area contributed by atoms with E-state index in [0.717, 1.165) is 24.1 Å². The highest BCUT2D eigenvalue weighted by Gasteiger charge is 2.27. The van der Waals surface area contributed by atoms with Crippen LogP contribution in [0.15, 0.2) is 72.8 Å². The van der Waals surface area contributed by atoms with Crippen molar-refractivity contribution in [3.05, 3.63) is 101 Å². The van der Waals surface area contributed by atoms with E-state index in [2.05, 4.69) is 0 Å². The van der Waals surface area contributed by atoms with Gasteiger partial charge in [0, 0.05) is 5.56 Å². The Morgan fingerprint density at radius 3 is 2.12 bits per heavy atom. The van der Waals surface area contributed by atoms with Crippen molar-refractivity contribution in [3.63, 3.8) is 0 Å². The molecule has 0 saturated carbocycles. The molecular formula is C23H23FO7S2. The highest BCUT2D eigenvalue weighted by Crippen LogP contribution is 2.37. The molecule has 3 aromatic rings. The van der Waals surface area contributed by atoms with Crippen molar-refractivity contribution in [2.75, 3.05) is 12.5 Å². The molecule has 176 valence electrons. The lowest BCUT2D eigenvalue weighted by Gasteiger charge is -2.23. The molecule has 1 atom stereocenters. The van der Waals surface area contributed by atoms with E-state index in [9.17, 15) is 21.2 Å². The van der Waals surface area contributed by atoms with Crippen molar-refractivity contribution < 1.29 is 34.3 Å². The number of hydrogen-bond donors (Lipinski definition) is 0. The Bertz CT molecular complexity index is 1310. The summed E-state index contributed by atoms with van der Waals surface area (Å²) in [6, 6.07) is 19.4. The molecule has 0 aliphatic heterocycles. The molecule has 0 spiro atoms. The summed E-state index contributed by atoms with van der Waals surface area (Å²) in [4.78, 5) is 0. The van der Waals surface area contributed by atoms with E-state index in [4.69, 9.17) is 13.1 Å². The molecule has 0 aliphatic carbocycles. The van der Waals surface area contributed by atoms with Crippen molar-refractivity contribution in [2.45, 2.75) is 19.3 Å². The van der Waals surface area contributed by atoms with E-state index >= 15 is 0 Å². The first-order valence-electron chi connectivity index (χ1n) is 9.78. The highest BCUT2D eigenvalue weighted by atomic mass is 32.2. The number of halogens is 1. The van der Waals surface area contributed by atoms with Gasteiger partial charge < -0.3 is 4.74 Å². The average molecular weight is 495 g/mol. The highest BCUT2D eigenvalue weighted by molar-refractivity contribution is 7.86. The lowest BCUT2D eigenvalue weighted by atomic mass is 9.96. The summed E-state index contributed by atoms with van der Waals surface area (Å²) >= 11 is 0. The van der Waals surface area contributed by atoms with Crippen molar-refractivity contribution in [2.24, 2.45) is 0 Å². The molecule has 3 aromatic carbocycles. The Labute approximate surface area is 193 Å². The van der Waals surface area contributed by atoms with Crippen LogP contribution in [0.5, 0.6) is 5.75 Å². The van der Waals surface area contributed by atoms with Crippen LogP contribution in [-0.2, 0) is 41.8 Å². The first-order valence-corrected chi connectivity index (χ1v) is 13.4. The molecule has 0 fully saturated rings. The Kier molecular flexibility index (Phi) is 7.85. The third kappa shape index (κ3) is 7.64. The second kappa shape index (κ2) is 10.4. The Morgan fingerprint density at radius 2 is 1.45 bits per heavy atom. The maximum absolute atomic E-state index is 14.3. The van der Waals surface area contributed by atoms with Crippen molar-refractivity contribution >= 4 is 20.2 Å². The summed E-state index contributed by atoms with van der Waals surface area (Å²) in [5, 5.41) is 0. The third-order valence-corrected chi connectivity index (χ3v) is 5.62. The van der Waals surface area contributed by atoms with Crippen LogP contribution in [0.2, 0.25) is 0 Å². The van der Waals surface area contributed by atoms with Crippen molar-refractivity contribution in [1.82, 2.24) is 0 Å². The van der Waals surface area contributed by atoms with E-state index in [-0.39, 0.29) is 24.5 Å². The lowest BCUT2D eigenvalue weighted by molar-refractivity contribution is 0.234. The Morgan fingerprint density at radius 1 is 0.788 bits per heavy atom. The summed E-state index contributed by atoms with van der Waals surface area (Å²) in [5.41, 5.74) is 1.63. The molecule has 33 heavy (non-hydrogen) atoms. The molecule has 0 aromatic heterocycles. The van der Waals surface area contributed by atoms with Gasteiger partial charge in [-0.05, 0) is 34.9 Å². The quantitative estimate of drug-likeness (QED) is 0.394. The van der Waals surface area contributed by atoms with Gasteiger partial charge in [-0.3, -0.25) is 8.37 Å². The summed E-state index contributed by atoms with van der Waals surface area (Å²) in [6.07, 6.45) is 0.475. The van der Waals surface area contributed by atoms with Gasteiger partial charge in [0.2, 0.25) is 0 Å². The first kappa shape index (κ1) is 24.8. The monoisotopic (exact) mass is 494 g/mol. The van der Waals surface area contributed by atoms with Crippen molar-refractivity contribution in [1.29, 1.82) is 0 Å². The Hall–Kier alpha value is -2.79. The second-order valence-electron chi connectivity index (χ2n) is 7.30. The smallest absolute Gasteiger partial charge is 0.265 e. The SMILES string of the molecule is CS(=O)(=O)OCc1ccccc1C(OS(C)(=O)=O)c1cc(F)ccc1OCc1ccccc1. The molecule has 0 amide bonds. The summed E-state index contributed by atoms with van der Waals surface area (Å²) in [6.45, 7) is -0.196. The lowest BCUT2D eigenvalue weighted by Crippen LogP contribution is -2.16. The van der Waals surface area contributed by atoms with Gasteiger partial charge in [-0.15, -0.1) is 0 Å². The fourth-order valence-corrected chi connectivity index (χ4v) is 4.03. The van der Waals surface area contributed by atoms with Gasteiger partial charge in [0.1, 0.15) is 24.3 Å². The van der Waals surface area contributed by atoms with Crippen LogP contribution in [0.1, 0.15) is 28.4 Å². The van der Waals surface area contributed by atoms with Gasteiger partial charge >= 0.3 is 0 Å². The van der Waals surface area contributed by atoms with E-state index in [1.165, 1.54) is 12.1 Å². The molecule has 0 heterocycles. The second-order valence-corrected chi connectivity index (χ2v) is 10.5. The third-order valence-electron chi connectivity index (χ3n) is 4.53. The minimum atomic E-state index is -4.01. The van der Waals surface area contributed by atoms with Crippen LogP contribution in [-0.4, -0.2) is 29.3 Å². The first-order chi connectivity index (χ1) is 15.5. The van der Waals surface area contributed by atoms with Gasteiger partial charge in [0.05, 0.1) is 19.1 Å². The molecule has 3 rings (SSSR count). The minimum absolute atomic E-state index is 0.128. The topological polar surface area (TPSA) is 96.0 Å². The molecule has 7 nitrogen and oxygen atoms in total. The van der Waals surface area contributed by atoms with E-state index < -0.39 is 32.2 Å². The summed E-state index contributed by atoms with van der Waals surface area (Å²) < 4.78 is 77.6. The molecule has 0 saturated heterocycles. The number of benzene rings is 3. The average Bonchev–Trinajstić information content (AvgIpc) is 2.75. The molecule has 1 unspecified atom stereocenters. The molecule has 0 radical (unpaired) electrons. The zero-order chi connectivity index (χ0) is 24.1. The molecular weight excluding hydrogens is 471 g/mol. The van der Waals surface area contributed by atoms with Gasteiger partial charge in [-0.1, -0.05) is 54.6 Å². The fraction of sp³-hybridized carbons (Fsp3) is 0.217. The zero-order valence-corrected chi connectivity index (χ0v) is 19.6. The number of rotatable bonds is 10. The number of ether oxygens (including phenoxy) is 1. The fourth-order valence-electron chi connectivity index (χ4n) is 3.13. The maximum atomic E-state index is 14.3. The van der Waals surface area contributed by atoms with Crippen molar-refractivity contribution in [3.8, 4) is 5.75 Å². The normalized spacial score (nSPS) is 12.9. The molecule has 0 bridgehead atoms. The number of hydrogen-bond acceptors (Lipinski definition) is 7. The summed E-state index contributed by atoms with van der Waals surface area (Å²) in [7, 11) is -7.78. The van der Waals surface area contributed by atoms with Crippen LogP contribution in [0.3, 0.4) is 0 Å². The van der Waals surface area contributed by atoms with Gasteiger partial charge in [-0.25, -0.2) is 4.39 Å². The zero-order valence-electron chi connectivity index (χ0n) is 18.0. The molecule has 0 aliphatic rings. The predicted octanol–water partition coefficient (Wildman–Crippen LogP) is 3.95. The van der Waals surface area contributed by atoms with Crippen LogP contribution in [0, 0.1) is 5.82 Å². The Balaban J connectivity index is 2.06. The van der Waals surface area contributed by atoms with Gasteiger partial charge in [-0.2, -0.15) is 16.8 Å². The minimum Gasteiger partial charge on any atom is -0.489 e.